The van der Waals surface area contributed by atoms with Gasteiger partial charge in [-0.05, 0) is 43.1 Å². The zero-order chi connectivity index (χ0) is 15.3. The quantitative estimate of drug-likeness (QED) is 0.792. The molecule has 1 aliphatic rings. The van der Waals surface area contributed by atoms with E-state index in [4.69, 9.17) is 0 Å². The van der Waals surface area contributed by atoms with Gasteiger partial charge in [0, 0.05) is 13.1 Å². The molecule has 0 aromatic heterocycles. The lowest BCUT2D eigenvalue weighted by Crippen LogP contribution is -2.41. The second-order valence-electron chi connectivity index (χ2n) is 7.55. The van der Waals surface area contributed by atoms with Gasteiger partial charge < -0.3 is 10.4 Å². The standard InChI is InChI=1S/C19H31NO/c1-16(2)13-19(11-7-8-12-19)15-20-14-18(3,21)17-9-5-4-6-10-17/h4-6,9-10,16,20-21H,7-8,11-15H2,1-3H3. The Kier molecular flexibility index (Phi) is 5.45. The molecule has 2 rings (SSSR count). The summed E-state index contributed by atoms with van der Waals surface area (Å²) in [5.74, 6) is 0.750. The molecule has 0 aliphatic heterocycles. The van der Waals surface area contributed by atoms with E-state index in [1.54, 1.807) is 0 Å². The van der Waals surface area contributed by atoms with Crippen molar-refractivity contribution in [3.63, 3.8) is 0 Å². The maximum Gasteiger partial charge on any atom is 0.0992 e. The Morgan fingerprint density at radius 1 is 1.19 bits per heavy atom. The lowest BCUT2D eigenvalue weighted by molar-refractivity contribution is 0.0524. The first-order chi connectivity index (χ1) is 9.94. The Hall–Kier alpha value is -0.860. The summed E-state index contributed by atoms with van der Waals surface area (Å²) in [6, 6.07) is 9.97. The number of rotatable bonds is 7. The second-order valence-corrected chi connectivity index (χ2v) is 7.55. The minimum absolute atomic E-state index is 0.459. The third kappa shape index (κ3) is 4.55. The smallest absolute Gasteiger partial charge is 0.0992 e. The van der Waals surface area contributed by atoms with Crippen LogP contribution in [0.25, 0.3) is 0 Å². The highest BCUT2D eigenvalue weighted by molar-refractivity contribution is 5.21. The molecule has 1 fully saturated rings. The van der Waals surface area contributed by atoms with E-state index in [-0.39, 0.29) is 0 Å². The third-order valence-electron chi connectivity index (χ3n) is 4.87. The van der Waals surface area contributed by atoms with Gasteiger partial charge in [0.15, 0.2) is 0 Å². The van der Waals surface area contributed by atoms with Crippen molar-refractivity contribution in [3.05, 3.63) is 35.9 Å². The SMILES string of the molecule is CC(C)CC1(CNCC(C)(O)c2ccccc2)CCCC1. The molecule has 1 saturated carbocycles. The zero-order valence-electron chi connectivity index (χ0n) is 13.9. The summed E-state index contributed by atoms with van der Waals surface area (Å²) < 4.78 is 0. The Morgan fingerprint density at radius 2 is 1.81 bits per heavy atom. The summed E-state index contributed by atoms with van der Waals surface area (Å²) in [6.07, 6.45) is 6.71. The largest absolute Gasteiger partial charge is 0.384 e. The minimum Gasteiger partial charge on any atom is -0.384 e. The Balaban J connectivity index is 1.90. The van der Waals surface area contributed by atoms with Gasteiger partial charge in [0.05, 0.1) is 5.60 Å². The van der Waals surface area contributed by atoms with Crippen molar-refractivity contribution in [2.75, 3.05) is 13.1 Å². The van der Waals surface area contributed by atoms with Crippen LogP contribution in [0.3, 0.4) is 0 Å². The summed E-state index contributed by atoms with van der Waals surface area (Å²) in [5, 5.41) is 14.2. The molecule has 1 atom stereocenters. The first kappa shape index (κ1) is 16.5. The molecule has 1 aromatic carbocycles. The van der Waals surface area contributed by atoms with Crippen molar-refractivity contribution < 1.29 is 5.11 Å². The van der Waals surface area contributed by atoms with Gasteiger partial charge in [-0.15, -0.1) is 0 Å². The molecule has 2 nitrogen and oxygen atoms in total. The fraction of sp³-hybridized carbons (Fsp3) is 0.684. The van der Waals surface area contributed by atoms with E-state index >= 15 is 0 Å². The van der Waals surface area contributed by atoms with Gasteiger partial charge in [-0.2, -0.15) is 0 Å². The molecule has 2 N–H and O–H groups in total. The third-order valence-corrected chi connectivity index (χ3v) is 4.87. The zero-order valence-corrected chi connectivity index (χ0v) is 13.9. The molecule has 0 amide bonds. The average Bonchev–Trinajstić information content (AvgIpc) is 2.87. The van der Waals surface area contributed by atoms with E-state index < -0.39 is 5.60 Å². The average molecular weight is 289 g/mol. The van der Waals surface area contributed by atoms with Crippen LogP contribution in [0.2, 0.25) is 0 Å². The lowest BCUT2D eigenvalue weighted by Gasteiger charge is -2.33. The van der Waals surface area contributed by atoms with Gasteiger partial charge in [0.1, 0.15) is 0 Å². The lowest BCUT2D eigenvalue weighted by atomic mass is 9.78. The van der Waals surface area contributed by atoms with Crippen LogP contribution in [-0.2, 0) is 5.60 Å². The van der Waals surface area contributed by atoms with Crippen LogP contribution >= 0.6 is 0 Å². The van der Waals surface area contributed by atoms with E-state index in [0.29, 0.717) is 12.0 Å². The predicted octanol–water partition coefficient (Wildman–Crippen LogP) is 4.09. The van der Waals surface area contributed by atoms with Crippen LogP contribution < -0.4 is 5.32 Å². The van der Waals surface area contributed by atoms with Crippen LogP contribution in [0.1, 0.15) is 58.4 Å². The van der Waals surface area contributed by atoms with Gasteiger partial charge in [-0.25, -0.2) is 0 Å². The molecule has 118 valence electrons. The Morgan fingerprint density at radius 3 is 2.38 bits per heavy atom. The van der Waals surface area contributed by atoms with Crippen molar-refractivity contribution >= 4 is 0 Å². The maximum atomic E-state index is 10.7. The topological polar surface area (TPSA) is 32.3 Å². The van der Waals surface area contributed by atoms with E-state index in [1.165, 1.54) is 32.1 Å². The summed E-state index contributed by atoms with van der Waals surface area (Å²) in [6.45, 7) is 8.20. The van der Waals surface area contributed by atoms with Crippen LogP contribution in [0.5, 0.6) is 0 Å². The van der Waals surface area contributed by atoms with Gasteiger partial charge in [-0.3, -0.25) is 0 Å². The molecule has 0 radical (unpaired) electrons. The monoisotopic (exact) mass is 289 g/mol. The summed E-state index contributed by atoms with van der Waals surface area (Å²) in [7, 11) is 0. The van der Waals surface area contributed by atoms with E-state index in [0.717, 1.165) is 18.0 Å². The van der Waals surface area contributed by atoms with Gasteiger partial charge in [0.25, 0.3) is 0 Å². The number of aliphatic hydroxyl groups is 1. The second kappa shape index (κ2) is 6.93. The number of benzene rings is 1. The van der Waals surface area contributed by atoms with Crippen molar-refractivity contribution in [2.24, 2.45) is 11.3 Å². The van der Waals surface area contributed by atoms with E-state index in [1.807, 2.05) is 37.3 Å². The normalized spacial score (nSPS) is 20.6. The van der Waals surface area contributed by atoms with E-state index in [9.17, 15) is 5.11 Å². The van der Waals surface area contributed by atoms with Crippen LogP contribution in [0, 0.1) is 11.3 Å². The van der Waals surface area contributed by atoms with E-state index in [2.05, 4.69) is 19.2 Å². The van der Waals surface area contributed by atoms with Gasteiger partial charge in [-0.1, -0.05) is 57.0 Å². The van der Waals surface area contributed by atoms with Crippen molar-refractivity contribution in [1.82, 2.24) is 5.32 Å². The fourth-order valence-corrected chi connectivity index (χ4v) is 3.91. The first-order valence-electron chi connectivity index (χ1n) is 8.42. The molecule has 2 heteroatoms. The number of hydrogen-bond donors (Lipinski definition) is 2. The molecular weight excluding hydrogens is 258 g/mol. The van der Waals surface area contributed by atoms with Gasteiger partial charge >= 0.3 is 0 Å². The first-order valence-corrected chi connectivity index (χ1v) is 8.42. The molecule has 0 saturated heterocycles. The van der Waals surface area contributed by atoms with Gasteiger partial charge in [0.2, 0.25) is 0 Å². The molecule has 1 aromatic rings. The minimum atomic E-state index is -0.793. The molecule has 0 heterocycles. The Bertz CT molecular complexity index is 418. The molecule has 21 heavy (non-hydrogen) atoms. The van der Waals surface area contributed by atoms with Crippen molar-refractivity contribution in [2.45, 2.75) is 58.5 Å². The van der Waals surface area contributed by atoms with Crippen LogP contribution in [0.15, 0.2) is 30.3 Å². The fourth-order valence-electron chi connectivity index (χ4n) is 3.91. The highest BCUT2D eigenvalue weighted by Crippen LogP contribution is 2.42. The number of hydrogen-bond acceptors (Lipinski definition) is 2. The molecule has 0 spiro atoms. The highest BCUT2D eigenvalue weighted by atomic mass is 16.3. The Labute approximate surface area is 130 Å². The van der Waals surface area contributed by atoms with Crippen molar-refractivity contribution in [3.8, 4) is 0 Å². The summed E-state index contributed by atoms with van der Waals surface area (Å²) in [4.78, 5) is 0. The molecule has 1 unspecified atom stereocenters. The maximum absolute atomic E-state index is 10.7. The molecule has 0 bridgehead atoms. The van der Waals surface area contributed by atoms with Crippen LogP contribution in [0.4, 0.5) is 0 Å². The summed E-state index contributed by atoms with van der Waals surface area (Å²) in [5.41, 5.74) is 0.654. The predicted molar refractivity (Wildman–Crippen MR) is 89.2 cm³/mol. The van der Waals surface area contributed by atoms with Crippen LogP contribution in [-0.4, -0.2) is 18.2 Å². The number of nitrogens with one attached hydrogen (secondary N) is 1. The molecular formula is C19H31NO. The molecule has 1 aliphatic carbocycles. The summed E-state index contributed by atoms with van der Waals surface area (Å²) >= 11 is 0. The highest BCUT2D eigenvalue weighted by Gasteiger charge is 2.34. The van der Waals surface area contributed by atoms with Crippen molar-refractivity contribution in [1.29, 1.82) is 0 Å².